The van der Waals surface area contributed by atoms with E-state index in [4.69, 9.17) is 4.74 Å². The molecular formula is C21H22N2O2. The molecule has 3 aromatic rings. The van der Waals surface area contributed by atoms with Gasteiger partial charge in [0.05, 0.1) is 6.61 Å². The number of ether oxygens (including phenoxy) is 1. The SMILES string of the molecule is Cc1ccc2[nH]c(C(=O)NCCc3ccc4c(c3)CCO4)cc2c1C. The Kier molecular flexibility index (Phi) is 3.96. The molecule has 4 rings (SSSR count). The summed E-state index contributed by atoms with van der Waals surface area (Å²) in [6.07, 6.45) is 1.79. The van der Waals surface area contributed by atoms with Crippen LogP contribution in [0.5, 0.6) is 5.75 Å². The largest absolute Gasteiger partial charge is 0.493 e. The third-order valence-corrected chi connectivity index (χ3v) is 5.04. The number of aromatic amines is 1. The van der Waals surface area contributed by atoms with Crippen LogP contribution >= 0.6 is 0 Å². The van der Waals surface area contributed by atoms with E-state index in [1.54, 1.807) is 0 Å². The van der Waals surface area contributed by atoms with Crippen LogP contribution in [0.25, 0.3) is 10.9 Å². The van der Waals surface area contributed by atoms with Crippen molar-refractivity contribution in [2.45, 2.75) is 26.7 Å². The standard InChI is InChI=1S/C21H22N2O2/c1-13-3-5-18-17(14(13)2)12-19(23-18)21(24)22-9-7-15-4-6-20-16(11-15)8-10-25-20/h3-6,11-12,23H,7-10H2,1-2H3,(H,22,24). The van der Waals surface area contributed by atoms with Crippen LogP contribution in [-0.2, 0) is 12.8 Å². The number of carbonyl (C=O) groups is 1. The highest BCUT2D eigenvalue weighted by molar-refractivity contribution is 5.99. The summed E-state index contributed by atoms with van der Waals surface area (Å²) in [4.78, 5) is 15.6. The Labute approximate surface area is 147 Å². The molecule has 0 unspecified atom stereocenters. The molecule has 0 saturated heterocycles. The minimum absolute atomic E-state index is 0.0576. The summed E-state index contributed by atoms with van der Waals surface area (Å²) < 4.78 is 5.53. The van der Waals surface area contributed by atoms with E-state index in [1.807, 2.05) is 18.2 Å². The van der Waals surface area contributed by atoms with E-state index >= 15 is 0 Å². The molecule has 128 valence electrons. The normalized spacial score (nSPS) is 12.9. The monoisotopic (exact) mass is 334 g/mol. The van der Waals surface area contributed by atoms with Crippen LogP contribution in [0.4, 0.5) is 0 Å². The molecular weight excluding hydrogens is 312 g/mol. The molecule has 0 spiro atoms. The molecule has 1 aliphatic heterocycles. The van der Waals surface area contributed by atoms with Gasteiger partial charge in [0.1, 0.15) is 11.4 Å². The molecule has 2 aromatic carbocycles. The Morgan fingerprint density at radius 2 is 2.08 bits per heavy atom. The average molecular weight is 334 g/mol. The molecule has 0 aliphatic carbocycles. The Hall–Kier alpha value is -2.75. The third kappa shape index (κ3) is 3.00. The number of amides is 1. The van der Waals surface area contributed by atoms with E-state index in [-0.39, 0.29) is 5.91 Å². The van der Waals surface area contributed by atoms with Gasteiger partial charge < -0.3 is 15.0 Å². The summed E-state index contributed by atoms with van der Waals surface area (Å²) in [5, 5.41) is 4.12. The minimum atomic E-state index is -0.0576. The number of hydrogen-bond acceptors (Lipinski definition) is 2. The first-order chi connectivity index (χ1) is 12.1. The maximum atomic E-state index is 12.4. The van der Waals surface area contributed by atoms with Crippen LogP contribution in [-0.4, -0.2) is 24.0 Å². The first-order valence-electron chi connectivity index (χ1n) is 8.73. The number of aryl methyl sites for hydroxylation is 2. The second kappa shape index (κ2) is 6.28. The Balaban J connectivity index is 1.41. The van der Waals surface area contributed by atoms with Gasteiger partial charge in [0.25, 0.3) is 5.91 Å². The van der Waals surface area contributed by atoms with E-state index in [1.165, 1.54) is 22.3 Å². The predicted molar refractivity (Wildman–Crippen MR) is 99.5 cm³/mol. The van der Waals surface area contributed by atoms with Crippen LogP contribution in [0.2, 0.25) is 0 Å². The van der Waals surface area contributed by atoms with Crippen molar-refractivity contribution in [2.75, 3.05) is 13.2 Å². The van der Waals surface area contributed by atoms with E-state index < -0.39 is 0 Å². The zero-order chi connectivity index (χ0) is 17.4. The topological polar surface area (TPSA) is 54.1 Å². The number of hydrogen-bond donors (Lipinski definition) is 2. The van der Waals surface area contributed by atoms with Crippen molar-refractivity contribution in [3.8, 4) is 5.75 Å². The molecule has 0 atom stereocenters. The number of carbonyl (C=O) groups excluding carboxylic acids is 1. The summed E-state index contributed by atoms with van der Waals surface area (Å²) in [7, 11) is 0. The van der Waals surface area contributed by atoms with E-state index in [9.17, 15) is 4.79 Å². The number of aromatic nitrogens is 1. The maximum absolute atomic E-state index is 12.4. The van der Waals surface area contributed by atoms with Gasteiger partial charge in [-0.2, -0.15) is 0 Å². The smallest absolute Gasteiger partial charge is 0.267 e. The van der Waals surface area contributed by atoms with Gasteiger partial charge in [-0.1, -0.05) is 18.2 Å². The van der Waals surface area contributed by atoms with Gasteiger partial charge in [-0.05, 0) is 60.7 Å². The number of benzene rings is 2. The number of fused-ring (bicyclic) bond motifs is 2. The minimum Gasteiger partial charge on any atom is -0.493 e. The Bertz CT molecular complexity index is 956. The fraction of sp³-hybridized carbons (Fsp3) is 0.286. The van der Waals surface area contributed by atoms with Gasteiger partial charge in [-0.15, -0.1) is 0 Å². The lowest BCUT2D eigenvalue weighted by Crippen LogP contribution is -2.25. The van der Waals surface area contributed by atoms with Gasteiger partial charge in [0.2, 0.25) is 0 Å². The van der Waals surface area contributed by atoms with Crippen molar-refractivity contribution in [1.82, 2.24) is 10.3 Å². The van der Waals surface area contributed by atoms with E-state index in [0.717, 1.165) is 36.1 Å². The molecule has 4 heteroatoms. The Morgan fingerprint density at radius 3 is 2.96 bits per heavy atom. The van der Waals surface area contributed by atoms with E-state index in [0.29, 0.717) is 12.2 Å². The molecule has 1 aliphatic rings. The molecule has 0 fully saturated rings. The van der Waals surface area contributed by atoms with Crippen LogP contribution in [0.3, 0.4) is 0 Å². The second-order valence-corrected chi connectivity index (χ2v) is 6.70. The highest BCUT2D eigenvalue weighted by Gasteiger charge is 2.13. The van der Waals surface area contributed by atoms with Crippen molar-refractivity contribution in [1.29, 1.82) is 0 Å². The molecule has 1 aromatic heterocycles. The predicted octanol–water partition coefficient (Wildman–Crippen LogP) is 3.69. The zero-order valence-electron chi connectivity index (χ0n) is 14.6. The van der Waals surface area contributed by atoms with Crippen molar-refractivity contribution in [3.63, 3.8) is 0 Å². The highest BCUT2D eigenvalue weighted by Crippen LogP contribution is 2.26. The van der Waals surface area contributed by atoms with Crippen LogP contribution in [0.1, 0.15) is 32.7 Å². The van der Waals surface area contributed by atoms with Gasteiger partial charge in [-0.25, -0.2) is 0 Å². The zero-order valence-corrected chi connectivity index (χ0v) is 14.6. The Morgan fingerprint density at radius 1 is 1.20 bits per heavy atom. The van der Waals surface area contributed by atoms with Gasteiger partial charge in [0.15, 0.2) is 0 Å². The number of H-pyrrole nitrogens is 1. The maximum Gasteiger partial charge on any atom is 0.267 e. The lowest BCUT2D eigenvalue weighted by atomic mass is 10.1. The van der Waals surface area contributed by atoms with Crippen LogP contribution in [0, 0.1) is 13.8 Å². The summed E-state index contributed by atoms with van der Waals surface area (Å²) >= 11 is 0. The molecule has 4 nitrogen and oxygen atoms in total. The first kappa shape index (κ1) is 15.8. The lowest BCUT2D eigenvalue weighted by Gasteiger charge is -2.06. The molecule has 0 saturated carbocycles. The number of rotatable bonds is 4. The first-order valence-corrected chi connectivity index (χ1v) is 8.73. The molecule has 2 N–H and O–H groups in total. The molecule has 2 heterocycles. The molecule has 0 bridgehead atoms. The van der Waals surface area contributed by atoms with Crippen LogP contribution in [0.15, 0.2) is 36.4 Å². The van der Waals surface area contributed by atoms with Gasteiger partial charge >= 0.3 is 0 Å². The molecule has 1 amide bonds. The van der Waals surface area contributed by atoms with Crippen molar-refractivity contribution >= 4 is 16.8 Å². The van der Waals surface area contributed by atoms with Crippen molar-refractivity contribution in [3.05, 3.63) is 64.3 Å². The summed E-state index contributed by atoms with van der Waals surface area (Å²) in [6, 6.07) is 12.3. The summed E-state index contributed by atoms with van der Waals surface area (Å²) in [5.41, 5.74) is 6.57. The number of nitrogens with one attached hydrogen (secondary N) is 2. The van der Waals surface area contributed by atoms with Gasteiger partial charge in [-0.3, -0.25) is 4.79 Å². The third-order valence-electron chi connectivity index (χ3n) is 5.04. The van der Waals surface area contributed by atoms with Gasteiger partial charge in [0, 0.05) is 23.9 Å². The average Bonchev–Trinajstić information content (AvgIpc) is 3.24. The summed E-state index contributed by atoms with van der Waals surface area (Å²) in [5.74, 6) is 0.939. The second-order valence-electron chi connectivity index (χ2n) is 6.70. The molecule has 0 radical (unpaired) electrons. The quantitative estimate of drug-likeness (QED) is 0.764. The fourth-order valence-corrected chi connectivity index (χ4v) is 3.39. The summed E-state index contributed by atoms with van der Waals surface area (Å²) in [6.45, 7) is 5.56. The molecule has 25 heavy (non-hydrogen) atoms. The highest BCUT2D eigenvalue weighted by atomic mass is 16.5. The van der Waals surface area contributed by atoms with Crippen molar-refractivity contribution < 1.29 is 9.53 Å². The van der Waals surface area contributed by atoms with E-state index in [2.05, 4.69) is 42.3 Å². The fourth-order valence-electron chi connectivity index (χ4n) is 3.39. The lowest BCUT2D eigenvalue weighted by molar-refractivity contribution is 0.0950. The van der Waals surface area contributed by atoms with Crippen molar-refractivity contribution in [2.24, 2.45) is 0 Å². The van der Waals surface area contributed by atoms with Crippen LogP contribution < -0.4 is 10.1 Å².